The van der Waals surface area contributed by atoms with Gasteiger partial charge in [0.25, 0.3) is 0 Å². The summed E-state index contributed by atoms with van der Waals surface area (Å²) >= 11 is 4.47. The molecule has 0 saturated carbocycles. The van der Waals surface area contributed by atoms with Gasteiger partial charge in [-0.05, 0) is 18.0 Å². The van der Waals surface area contributed by atoms with Gasteiger partial charge in [0.1, 0.15) is 0 Å². The Kier molecular flexibility index (Phi) is 3.22. The molecule has 0 aromatic rings. The summed E-state index contributed by atoms with van der Waals surface area (Å²) in [6.45, 7) is 3.09. The van der Waals surface area contributed by atoms with Gasteiger partial charge in [0.05, 0.1) is 0 Å². The first-order valence-corrected chi connectivity index (χ1v) is 3.38. The maximum atomic E-state index is 12.0. The van der Waals surface area contributed by atoms with E-state index in [4.69, 9.17) is 0 Å². The van der Waals surface area contributed by atoms with E-state index in [9.17, 15) is 13.6 Å². The van der Waals surface area contributed by atoms with E-state index in [1.54, 1.807) is 6.92 Å². The Balaban J connectivity index is 4.09. The van der Waals surface area contributed by atoms with Crippen molar-refractivity contribution in [3.8, 4) is 0 Å². The summed E-state index contributed by atoms with van der Waals surface area (Å²) in [6, 6.07) is 0. The molecule has 0 aliphatic carbocycles. The van der Waals surface area contributed by atoms with E-state index in [2.05, 4.69) is 11.6 Å². The third kappa shape index (κ3) is 2.60. The van der Waals surface area contributed by atoms with Gasteiger partial charge in [-0.3, -0.25) is 4.79 Å². The third-order valence-electron chi connectivity index (χ3n) is 1.34. The predicted molar refractivity (Wildman–Crippen MR) is 35.3 cm³/mol. The van der Waals surface area contributed by atoms with Gasteiger partial charge >= 0.3 is 5.38 Å². The minimum atomic E-state index is -3.69. The summed E-state index contributed by atoms with van der Waals surface area (Å²) in [5, 5.41) is -3.69. The van der Waals surface area contributed by atoms with Crippen LogP contribution in [0.1, 0.15) is 20.3 Å². The molecule has 0 bridgehead atoms. The van der Waals surface area contributed by atoms with Gasteiger partial charge in [0, 0.05) is 5.92 Å². The van der Waals surface area contributed by atoms with Crippen molar-refractivity contribution >= 4 is 17.4 Å². The number of hydrogen-bond acceptors (Lipinski definition) is 1. The lowest BCUT2D eigenvalue weighted by atomic mass is 10.0. The Hall–Kier alpha value is -0.180. The van der Waals surface area contributed by atoms with E-state index in [-0.39, 0.29) is 0 Å². The van der Waals surface area contributed by atoms with Crippen molar-refractivity contribution in [2.75, 3.05) is 0 Å². The zero-order valence-electron chi connectivity index (χ0n) is 5.83. The van der Waals surface area contributed by atoms with Crippen LogP contribution in [0.4, 0.5) is 8.78 Å². The monoisotopic (exact) mass is 170 g/mol. The highest BCUT2D eigenvalue weighted by molar-refractivity contribution is 6.32. The van der Waals surface area contributed by atoms with Crippen LogP contribution in [0, 0.1) is 5.92 Å². The fraction of sp³-hybridized carbons (Fsp3) is 0.833. The summed E-state index contributed by atoms with van der Waals surface area (Å²) in [7, 11) is 0. The summed E-state index contributed by atoms with van der Waals surface area (Å²) < 4.78 is 23.9. The number of halogens is 3. The van der Waals surface area contributed by atoms with Crippen molar-refractivity contribution < 1.29 is 13.6 Å². The molecule has 1 nitrogen and oxygen atoms in total. The van der Waals surface area contributed by atoms with Crippen LogP contribution in [0.3, 0.4) is 0 Å². The van der Waals surface area contributed by atoms with Crippen molar-refractivity contribution in [2.45, 2.75) is 25.7 Å². The van der Waals surface area contributed by atoms with Gasteiger partial charge in [-0.25, -0.2) is 0 Å². The Bertz CT molecular complexity index is 130. The van der Waals surface area contributed by atoms with Gasteiger partial charge in [-0.2, -0.15) is 8.78 Å². The molecule has 0 fully saturated rings. The predicted octanol–water partition coefficient (Wildman–Crippen LogP) is 2.43. The summed E-state index contributed by atoms with van der Waals surface area (Å²) in [5.41, 5.74) is 0. The molecule has 0 rings (SSSR count). The van der Waals surface area contributed by atoms with Crippen molar-refractivity contribution in [1.82, 2.24) is 0 Å². The minimum Gasteiger partial charge on any atom is -0.291 e. The number of carbonyl (C=O) groups is 1. The van der Waals surface area contributed by atoms with E-state index in [0.29, 0.717) is 6.42 Å². The molecule has 1 atom stereocenters. The summed E-state index contributed by atoms with van der Waals surface area (Å²) in [4.78, 5) is 10.5. The Morgan fingerprint density at radius 1 is 1.70 bits per heavy atom. The highest BCUT2D eigenvalue weighted by Gasteiger charge is 2.37. The molecule has 1 unspecified atom stereocenters. The van der Waals surface area contributed by atoms with E-state index in [1.807, 2.05) is 0 Å². The van der Waals surface area contributed by atoms with Crippen LogP contribution in [-0.2, 0) is 4.79 Å². The fourth-order valence-corrected chi connectivity index (χ4v) is 0.651. The van der Waals surface area contributed by atoms with Gasteiger partial charge in [-0.1, -0.05) is 13.8 Å². The van der Waals surface area contributed by atoms with E-state index < -0.39 is 17.1 Å². The van der Waals surface area contributed by atoms with Crippen molar-refractivity contribution in [2.24, 2.45) is 5.92 Å². The number of hydrogen-bond donors (Lipinski definition) is 0. The lowest BCUT2D eigenvalue weighted by Crippen LogP contribution is -2.27. The fourth-order valence-electron chi connectivity index (χ4n) is 0.465. The average Bonchev–Trinajstić information content (AvgIpc) is 1.83. The molecule has 0 radical (unpaired) electrons. The SMILES string of the molecule is CCC(C)C(=O)C(F)(F)Cl. The number of Topliss-reactive ketones (excluding diaryl/α,β-unsaturated/α-hetero) is 1. The summed E-state index contributed by atoms with van der Waals surface area (Å²) in [6.07, 6.45) is 0.390. The largest absolute Gasteiger partial charge is 0.380 e. The molecule has 10 heavy (non-hydrogen) atoms. The second-order valence-corrected chi connectivity index (χ2v) is 2.65. The smallest absolute Gasteiger partial charge is 0.291 e. The molecule has 0 aromatic carbocycles. The molecule has 0 aliphatic heterocycles. The Labute approximate surface area is 63.4 Å². The number of carbonyl (C=O) groups excluding carboxylic acids is 1. The molecule has 4 heteroatoms. The quantitative estimate of drug-likeness (QED) is 0.595. The first-order valence-electron chi connectivity index (χ1n) is 3.00. The molecule has 0 saturated heterocycles. The van der Waals surface area contributed by atoms with Crippen LogP contribution in [0.15, 0.2) is 0 Å². The number of rotatable bonds is 3. The third-order valence-corrected chi connectivity index (χ3v) is 1.53. The highest BCUT2D eigenvalue weighted by Crippen LogP contribution is 2.24. The van der Waals surface area contributed by atoms with Crippen LogP contribution < -0.4 is 0 Å². The highest BCUT2D eigenvalue weighted by atomic mass is 35.5. The zero-order valence-corrected chi connectivity index (χ0v) is 6.58. The molecule has 0 N–H and O–H groups in total. The lowest BCUT2D eigenvalue weighted by molar-refractivity contribution is -0.137. The van der Waals surface area contributed by atoms with Crippen LogP contribution in [0.5, 0.6) is 0 Å². The normalized spacial score (nSPS) is 14.9. The van der Waals surface area contributed by atoms with Crippen LogP contribution in [0.25, 0.3) is 0 Å². The lowest BCUT2D eigenvalue weighted by Gasteiger charge is -2.10. The molecular weight excluding hydrogens is 162 g/mol. The van der Waals surface area contributed by atoms with Gasteiger partial charge in [0.15, 0.2) is 0 Å². The standard InChI is InChI=1S/C6H9ClF2O/c1-3-4(2)5(10)6(7,8)9/h4H,3H2,1-2H3. The molecule has 0 aliphatic rings. The van der Waals surface area contributed by atoms with E-state index in [0.717, 1.165) is 0 Å². The molecular formula is C6H9ClF2O. The molecule has 0 aromatic heterocycles. The molecule has 0 spiro atoms. The summed E-state index contributed by atoms with van der Waals surface area (Å²) in [5.74, 6) is -1.86. The van der Waals surface area contributed by atoms with Crippen LogP contribution in [0.2, 0.25) is 0 Å². The van der Waals surface area contributed by atoms with Gasteiger partial charge in [-0.15, -0.1) is 0 Å². The first kappa shape index (κ1) is 9.82. The average molecular weight is 171 g/mol. The molecule has 60 valence electrons. The maximum Gasteiger partial charge on any atom is 0.380 e. The van der Waals surface area contributed by atoms with Gasteiger partial charge in [0.2, 0.25) is 5.78 Å². The number of ketones is 1. The zero-order chi connectivity index (χ0) is 8.36. The van der Waals surface area contributed by atoms with Crippen molar-refractivity contribution in [3.05, 3.63) is 0 Å². The Morgan fingerprint density at radius 3 is 2.20 bits per heavy atom. The topological polar surface area (TPSA) is 17.1 Å². The minimum absolute atomic E-state index is 0.390. The van der Waals surface area contributed by atoms with Crippen molar-refractivity contribution in [3.63, 3.8) is 0 Å². The van der Waals surface area contributed by atoms with Crippen LogP contribution in [-0.4, -0.2) is 11.2 Å². The second kappa shape index (κ2) is 3.28. The van der Waals surface area contributed by atoms with E-state index in [1.165, 1.54) is 6.92 Å². The first-order chi connectivity index (χ1) is 4.39. The van der Waals surface area contributed by atoms with E-state index >= 15 is 0 Å². The maximum absolute atomic E-state index is 12.0. The Morgan fingerprint density at radius 2 is 2.10 bits per heavy atom. The second-order valence-electron chi connectivity index (χ2n) is 2.17. The number of alkyl halides is 3. The van der Waals surface area contributed by atoms with Gasteiger partial charge < -0.3 is 0 Å². The van der Waals surface area contributed by atoms with Crippen molar-refractivity contribution in [1.29, 1.82) is 0 Å². The molecule has 0 amide bonds. The van der Waals surface area contributed by atoms with Crippen LogP contribution >= 0.6 is 11.6 Å². The molecule has 0 heterocycles.